The van der Waals surface area contributed by atoms with Gasteiger partial charge in [-0.1, -0.05) is 26.0 Å². The Hall–Kier alpha value is -2.98. The lowest BCUT2D eigenvalue weighted by molar-refractivity contribution is 0.0853. The first-order valence-electron chi connectivity index (χ1n) is 11.7. The lowest BCUT2D eigenvalue weighted by Gasteiger charge is -2.36. The van der Waals surface area contributed by atoms with Crippen LogP contribution < -0.4 is 10.6 Å². The zero-order valence-electron chi connectivity index (χ0n) is 19.6. The molecule has 1 amide bonds. The molecule has 5 rings (SSSR count). The molecular formula is C24H30N6O3S. The second kappa shape index (κ2) is 8.66. The quantitative estimate of drug-likeness (QED) is 0.494. The topological polar surface area (TPSA) is 120 Å². The number of fused-ring (bicyclic) bond motifs is 2. The number of H-pyrrole nitrogens is 1. The van der Waals surface area contributed by atoms with E-state index in [2.05, 4.69) is 44.3 Å². The summed E-state index contributed by atoms with van der Waals surface area (Å²) in [6, 6.07) is 7.50. The highest BCUT2D eigenvalue weighted by atomic mass is 32.2. The number of likely N-dealkylation sites (tertiary alicyclic amines) is 1. The first-order valence-corrected chi connectivity index (χ1v) is 13.3. The average Bonchev–Trinajstić information content (AvgIpc) is 3.21. The van der Waals surface area contributed by atoms with Gasteiger partial charge < -0.3 is 20.5 Å². The third kappa shape index (κ3) is 4.27. The Balaban J connectivity index is 1.44. The Morgan fingerprint density at radius 2 is 2.00 bits per heavy atom. The van der Waals surface area contributed by atoms with Crippen molar-refractivity contribution in [2.45, 2.75) is 43.7 Å². The summed E-state index contributed by atoms with van der Waals surface area (Å²) >= 11 is 0. The number of aryl methyl sites for hydroxylation is 1. The van der Waals surface area contributed by atoms with Crippen LogP contribution in [0.4, 0.5) is 5.82 Å². The Labute approximate surface area is 199 Å². The number of aromatic amines is 1. The van der Waals surface area contributed by atoms with Crippen molar-refractivity contribution in [2.24, 2.45) is 5.92 Å². The minimum absolute atomic E-state index is 0.151. The third-order valence-electron chi connectivity index (χ3n) is 6.67. The monoisotopic (exact) mass is 482 g/mol. The molecule has 10 heteroatoms. The summed E-state index contributed by atoms with van der Waals surface area (Å²) < 4.78 is 25.3. The summed E-state index contributed by atoms with van der Waals surface area (Å²) in [7, 11) is -1.24. The third-order valence-corrected chi connectivity index (χ3v) is 8.55. The van der Waals surface area contributed by atoms with Gasteiger partial charge in [-0.25, -0.2) is 18.4 Å². The number of amides is 1. The van der Waals surface area contributed by atoms with Gasteiger partial charge >= 0.3 is 0 Å². The maximum atomic E-state index is 12.7. The van der Waals surface area contributed by atoms with E-state index in [0.717, 1.165) is 36.0 Å². The molecule has 180 valence electrons. The van der Waals surface area contributed by atoms with E-state index in [4.69, 9.17) is 0 Å². The highest BCUT2D eigenvalue weighted by Crippen LogP contribution is 2.33. The summed E-state index contributed by atoms with van der Waals surface area (Å²) in [5.41, 5.74) is 2.80. The number of benzene rings is 1. The molecule has 0 aliphatic carbocycles. The number of carbonyl (C=O) groups excluding carboxylic acids is 1. The largest absolute Gasteiger partial charge is 0.362 e. The molecule has 34 heavy (non-hydrogen) atoms. The standard InChI is InChI=1S/C24H30N6O3S/c1-14(2)21(16-7-6-15-5-4-8-34(32,33)20(15)9-16)29-23-18-10-19(28-22(18)25-13-26-23)24(31)27-17-11-30(3)12-17/h6-7,9-10,13-14,17,21H,4-5,8,11-12H2,1-3H3,(H,27,31)(H2,25,26,28,29)/t21-/m1/s1. The number of nitrogens with one attached hydrogen (secondary N) is 3. The molecule has 4 heterocycles. The lowest BCUT2D eigenvalue weighted by atomic mass is 9.94. The van der Waals surface area contributed by atoms with Crippen molar-refractivity contribution in [3.8, 4) is 0 Å². The van der Waals surface area contributed by atoms with Crippen LogP contribution in [0.3, 0.4) is 0 Å². The van der Waals surface area contributed by atoms with Crippen LogP contribution in [-0.2, 0) is 16.3 Å². The molecule has 1 atom stereocenters. The molecule has 2 aliphatic rings. The van der Waals surface area contributed by atoms with Crippen LogP contribution in [0.1, 0.15) is 47.9 Å². The maximum Gasteiger partial charge on any atom is 0.268 e. The lowest BCUT2D eigenvalue weighted by Crippen LogP contribution is -2.57. The van der Waals surface area contributed by atoms with Gasteiger partial charge in [0.1, 0.15) is 23.5 Å². The first-order chi connectivity index (χ1) is 16.2. The highest BCUT2D eigenvalue weighted by molar-refractivity contribution is 7.91. The molecule has 2 aliphatic heterocycles. The van der Waals surface area contributed by atoms with Gasteiger partial charge in [-0.2, -0.15) is 0 Å². The Kier molecular flexibility index (Phi) is 5.81. The summed E-state index contributed by atoms with van der Waals surface area (Å²) in [4.78, 5) is 27.1. The first kappa shape index (κ1) is 22.8. The predicted molar refractivity (Wildman–Crippen MR) is 131 cm³/mol. The normalized spacial score (nSPS) is 18.9. The van der Waals surface area contributed by atoms with Crippen LogP contribution in [0.2, 0.25) is 0 Å². The summed E-state index contributed by atoms with van der Waals surface area (Å²) in [5.74, 6) is 0.790. The molecule has 1 aromatic carbocycles. The number of hydrogen-bond donors (Lipinski definition) is 3. The number of aromatic nitrogens is 3. The molecule has 2 aromatic heterocycles. The van der Waals surface area contributed by atoms with Gasteiger partial charge in [0.25, 0.3) is 5.91 Å². The van der Waals surface area contributed by atoms with Crippen LogP contribution >= 0.6 is 0 Å². The number of rotatable bonds is 6. The fourth-order valence-electron chi connectivity index (χ4n) is 4.84. The molecule has 3 N–H and O–H groups in total. The number of anilines is 1. The Bertz CT molecular complexity index is 1340. The number of carbonyl (C=O) groups is 1. The molecule has 3 aromatic rings. The maximum absolute atomic E-state index is 12.7. The van der Waals surface area contributed by atoms with Gasteiger partial charge in [-0.3, -0.25) is 4.79 Å². The average molecular weight is 483 g/mol. The van der Waals surface area contributed by atoms with Crippen LogP contribution in [-0.4, -0.2) is 66.1 Å². The van der Waals surface area contributed by atoms with E-state index < -0.39 is 9.84 Å². The van der Waals surface area contributed by atoms with Gasteiger partial charge in [0.2, 0.25) is 0 Å². The number of hydrogen-bond acceptors (Lipinski definition) is 7. The van der Waals surface area contributed by atoms with E-state index >= 15 is 0 Å². The molecule has 1 fully saturated rings. The number of likely N-dealkylation sites (N-methyl/N-ethyl adjacent to an activating group) is 1. The molecule has 1 saturated heterocycles. The minimum atomic E-state index is -3.25. The van der Waals surface area contributed by atoms with Crippen molar-refractivity contribution in [2.75, 3.05) is 31.2 Å². The van der Waals surface area contributed by atoms with Gasteiger partial charge in [-0.15, -0.1) is 0 Å². The van der Waals surface area contributed by atoms with Crippen LogP contribution in [0.5, 0.6) is 0 Å². The van der Waals surface area contributed by atoms with Gasteiger partial charge in [0.15, 0.2) is 9.84 Å². The Morgan fingerprint density at radius 3 is 2.74 bits per heavy atom. The van der Waals surface area contributed by atoms with Crippen molar-refractivity contribution in [1.29, 1.82) is 0 Å². The summed E-state index contributed by atoms with van der Waals surface area (Å²) in [6.07, 6.45) is 2.91. The van der Waals surface area contributed by atoms with Crippen LogP contribution in [0.15, 0.2) is 35.5 Å². The predicted octanol–water partition coefficient (Wildman–Crippen LogP) is 2.53. The highest BCUT2D eigenvalue weighted by Gasteiger charge is 2.28. The number of sulfone groups is 1. The van der Waals surface area contributed by atoms with Crippen molar-refractivity contribution in [3.63, 3.8) is 0 Å². The van der Waals surface area contributed by atoms with Crippen molar-refractivity contribution in [1.82, 2.24) is 25.2 Å². The second-order valence-corrected chi connectivity index (χ2v) is 11.8. The summed E-state index contributed by atoms with van der Waals surface area (Å²) in [5, 5.41) is 7.23. The summed E-state index contributed by atoms with van der Waals surface area (Å²) in [6.45, 7) is 5.83. The molecule has 0 unspecified atom stereocenters. The van der Waals surface area contributed by atoms with E-state index in [9.17, 15) is 13.2 Å². The minimum Gasteiger partial charge on any atom is -0.362 e. The van der Waals surface area contributed by atoms with E-state index in [-0.39, 0.29) is 29.7 Å². The van der Waals surface area contributed by atoms with E-state index in [1.165, 1.54) is 6.33 Å². The van der Waals surface area contributed by atoms with Crippen LogP contribution in [0, 0.1) is 5.92 Å². The van der Waals surface area contributed by atoms with E-state index in [0.29, 0.717) is 28.5 Å². The second-order valence-electron chi connectivity index (χ2n) is 9.71. The van der Waals surface area contributed by atoms with Crippen molar-refractivity contribution in [3.05, 3.63) is 47.4 Å². The molecular weight excluding hydrogens is 452 g/mol. The number of nitrogens with zero attached hydrogens (tertiary/aromatic N) is 3. The van der Waals surface area contributed by atoms with Crippen molar-refractivity contribution >= 4 is 32.6 Å². The SMILES string of the molecule is CC(C)[C@@H](Nc1ncnc2[nH]c(C(=O)NC3CN(C)C3)cc12)c1ccc2c(c1)S(=O)(=O)CCC2. The van der Waals surface area contributed by atoms with Gasteiger partial charge in [0.05, 0.1) is 28.1 Å². The molecule has 0 spiro atoms. The fourth-order valence-corrected chi connectivity index (χ4v) is 6.47. The zero-order chi connectivity index (χ0) is 24.0. The zero-order valence-corrected chi connectivity index (χ0v) is 20.4. The molecule has 9 nitrogen and oxygen atoms in total. The molecule has 0 bridgehead atoms. The van der Waals surface area contributed by atoms with Crippen molar-refractivity contribution < 1.29 is 13.2 Å². The van der Waals surface area contributed by atoms with E-state index in [1.807, 2.05) is 25.2 Å². The van der Waals surface area contributed by atoms with Gasteiger partial charge in [0, 0.05) is 13.1 Å². The molecule has 0 radical (unpaired) electrons. The van der Waals surface area contributed by atoms with Gasteiger partial charge in [-0.05, 0) is 49.1 Å². The Morgan fingerprint density at radius 1 is 1.21 bits per heavy atom. The van der Waals surface area contributed by atoms with Crippen LogP contribution in [0.25, 0.3) is 11.0 Å². The van der Waals surface area contributed by atoms with E-state index in [1.54, 1.807) is 6.07 Å². The smallest absolute Gasteiger partial charge is 0.268 e. The molecule has 0 saturated carbocycles. The fraction of sp³-hybridized carbons (Fsp3) is 0.458.